The van der Waals surface area contributed by atoms with Crippen LogP contribution in [0.2, 0.25) is 0 Å². The first-order valence-electron chi connectivity index (χ1n) is 17.0. The van der Waals surface area contributed by atoms with Crippen molar-refractivity contribution in [2.24, 2.45) is 0 Å². The van der Waals surface area contributed by atoms with Crippen LogP contribution in [0, 0.1) is 0 Å². The molecule has 17 nitrogen and oxygen atoms in total. The Balaban J connectivity index is 1.47. The maximum atomic E-state index is 12.3. The van der Waals surface area contributed by atoms with E-state index in [-0.39, 0.29) is 59.0 Å². The van der Waals surface area contributed by atoms with Gasteiger partial charge in [0.25, 0.3) is 11.8 Å². The van der Waals surface area contributed by atoms with Crippen LogP contribution in [-0.2, 0) is 14.4 Å². The Bertz CT molecular complexity index is 1360. The van der Waals surface area contributed by atoms with E-state index in [9.17, 15) is 54.6 Å². The van der Waals surface area contributed by atoms with Crippen molar-refractivity contribution in [1.29, 1.82) is 0 Å². The molecule has 13 N–H and O–H groups in total. The summed E-state index contributed by atoms with van der Waals surface area (Å²) in [4.78, 5) is 60.3. The van der Waals surface area contributed by atoms with Gasteiger partial charge in [0.2, 0.25) is 11.8 Å². The first-order valence-corrected chi connectivity index (χ1v) is 17.0. The number of unbranched alkanes of at least 4 members (excludes halogenated alkanes) is 2. The minimum Gasteiger partial charge on any atom is -0.547 e. The van der Waals surface area contributed by atoms with Crippen molar-refractivity contribution in [2.45, 2.75) is 57.0 Å². The van der Waals surface area contributed by atoms with Gasteiger partial charge in [0.15, 0.2) is 23.0 Å². The molecule has 282 valence electrons. The summed E-state index contributed by atoms with van der Waals surface area (Å²) in [6.45, 7) is 4.37. The van der Waals surface area contributed by atoms with E-state index in [0.717, 1.165) is 39.0 Å². The third kappa shape index (κ3) is 16.4. The third-order valence-electron chi connectivity index (χ3n) is 7.82. The minimum atomic E-state index is -2.65. The molecule has 0 saturated heterocycles. The number of aliphatic hydroxyl groups is 1. The van der Waals surface area contributed by atoms with Gasteiger partial charge in [0.05, 0.1) is 45.0 Å². The number of benzene rings is 2. The second kappa shape index (κ2) is 22.6. The van der Waals surface area contributed by atoms with Gasteiger partial charge in [-0.05, 0) is 62.1 Å². The summed E-state index contributed by atoms with van der Waals surface area (Å²) in [5, 5.41) is 74.4. The third-order valence-corrected chi connectivity index (χ3v) is 7.82. The molecule has 0 unspecified atom stereocenters. The molecule has 17 heteroatoms. The zero-order chi connectivity index (χ0) is 37.6. The van der Waals surface area contributed by atoms with E-state index in [0.29, 0.717) is 38.8 Å². The summed E-state index contributed by atoms with van der Waals surface area (Å²) >= 11 is 0. The van der Waals surface area contributed by atoms with E-state index in [2.05, 4.69) is 21.3 Å². The van der Waals surface area contributed by atoms with E-state index < -0.39 is 36.2 Å². The lowest BCUT2D eigenvalue weighted by atomic mass is 9.94. The highest BCUT2D eigenvalue weighted by molar-refractivity contribution is 5.95. The lowest BCUT2D eigenvalue weighted by molar-refractivity contribution is -0.655. The number of carboxylic acid groups (broad SMARTS) is 1. The van der Waals surface area contributed by atoms with Crippen LogP contribution in [0.3, 0.4) is 0 Å². The Kier molecular flexibility index (Phi) is 18.6. The zero-order valence-electron chi connectivity index (χ0n) is 28.6. The second-order valence-electron chi connectivity index (χ2n) is 12.1. The summed E-state index contributed by atoms with van der Waals surface area (Å²) in [5.74, 6) is -5.41. The average molecular weight is 720 g/mol. The lowest BCUT2D eigenvalue weighted by Gasteiger charge is -2.28. The van der Waals surface area contributed by atoms with Gasteiger partial charge in [0, 0.05) is 50.1 Å². The van der Waals surface area contributed by atoms with Crippen molar-refractivity contribution in [3.8, 4) is 23.0 Å². The van der Waals surface area contributed by atoms with Gasteiger partial charge >= 0.3 is 0 Å². The maximum absolute atomic E-state index is 12.3. The molecular weight excluding hydrogens is 668 g/mol. The zero-order valence-corrected chi connectivity index (χ0v) is 28.6. The lowest BCUT2D eigenvalue weighted by Crippen LogP contribution is -2.84. The van der Waals surface area contributed by atoms with Crippen LogP contribution in [0.1, 0.15) is 72.1 Å². The van der Waals surface area contributed by atoms with Crippen molar-refractivity contribution in [3.05, 3.63) is 47.5 Å². The molecular formula is C34H51N6O11+. The summed E-state index contributed by atoms with van der Waals surface area (Å²) in [7, 11) is 0. The fraction of sp³-hybridized carbons (Fsp3) is 0.500. The Morgan fingerprint density at radius 2 is 0.922 bits per heavy atom. The van der Waals surface area contributed by atoms with Crippen LogP contribution in [0.5, 0.6) is 23.0 Å². The Morgan fingerprint density at radius 3 is 1.29 bits per heavy atom. The molecule has 0 radical (unpaired) electrons. The number of hydrogen-bond acceptors (Lipinski definition) is 11. The number of phenols is 4. The molecule has 0 aliphatic carbocycles. The predicted molar refractivity (Wildman–Crippen MR) is 180 cm³/mol. The molecule has 51 heavy (non-hydrogen) atoms. The number of phenolic OH excluding ortho intramolecular Hbond substituents is 4. The van der Waals surface area contributed by atoms with Crippen LogP contribution in [0.15, 0.2) is 36.4 Å². The van der Waals surface area contributed by atoms with Gasteiger partial charge in [0.1, 0.15) is 5.60 Å². The molecule has 0 aliphatic rings. The standard InChI is InChI=1S/C34H50N6O11/c41-25-9-7-23(19-27(25)43)31(47)39-17-5-13-35-11-1-3-15-37-29(45)21-34(51,33(49)50)22-30(46)38-16-4-2-12-36-14-6-18-40-32(48)24-8-10-26(42)28(44)20-24/h7-10,19-20,35-36,41-44,51H,1-6,11-18,21-22H2,(H,37,45)(H,38,46)(H,39,47)(H,40,48)(H,49,50)/p+1. The number of carbonyl (C=O) groups is 5. The van der Waals surface area contributed by atoms with Crippen molar-refractivity contribution < 1.29 is 65.2 Å². The number of amides is 4. The van der Waals surface area contributed by atoms with Gasteiger partial charge in [-0.2, -0.15) is 0 Å². The molecule has 0 aliphatic heterocycles. The predicted octanol–water partition coefficient (Wildman–Crippen LogP) is -3.37. The number of aromatic hydroxyl groups is 4. The SMILES string of the molecule is O=C(CC(O)(CC(=O)NCCCC[NH2+]CCCNC(=O)c1ccc(O)c(O)c1)C(=O)[O-])NCCCC[NH2+]CCCNC(=O)c1ccc(O)c(O)c1. The van der Waals surface area contributed by atoms with Crippen LogP contribution in [0.4, 0.5) is 0 Å². The van der Waals surface area contributed by atoms with Gasteiger partial charge in [-0.1, -0.05) is 0 Å². The van der Waals surface area contributed by atoms with E-state index in [1.165, 1.54) is 36.4 Å². The van der Waals surface area contributed by atoms with Crippen LogP contribution >= 0.6 is 0 Å². The first kappa shape index (κ1) is 42.0. The van der Waals surface area contributed by atoms with Gasteiger partial charge in [-0.25, -0.2) is 0 Å². The molecule has 0 heterocycles. The Labute approximate surface area is 295 Å². The number of aliphatic carboxylic acids is 1. The number of hydrogen-bond donors (Lipinski definition) is 11. The molecule has 0 spiro atoms. The molecule has 0 fully saturated rings. The first-order chi connectivity index (χ1) is 24.3. The summed E-state index contributed by atoms with van der Waals surface area (Å²) in [6, 6.07) is 7.67. The fourth-order valence-electron chi connectivity index (χ4n) is 4.86. The summed E-state index contributed by atoms with van der Waals surface area (Å²) in [6.07, 6.45) is 2.46. The molecule has 2 aromatic carbocycles. The second-order valence-corrected chi connectivity index (χ2v) is 12.1. The van der Waals surface area contributed by atoms with Crippen LogP contribution in [-0.4, -0.2) is 113 Å². The smallest absolute Gasteiger partial charge is 0.251 e. The van der Waals surface area contributed by atoms with Gasteiger partial charge in [-0.15, -0.1) is 0 Å². The Morgan fingerprint density at radius 1 is 0.549 bits per heavy atom. The molecule has 0 saturated carbocycles. The van der Waals surface area contributed by atoms with Gasteiger partial charge < -0.3 is 67.3 Å². The quantitative estimate of drug-likeness (QED) is 0.0356. The highest BCUT2D eigenvalue weighted by atomic mass is 16.4. The normalized spacial score (nSPS) is 11.1. The highest BCUT2D eigenvalue weighted by Gasteiger charge is 2.34. The van der Waals surface area contributed by atoms with E-state index in [1.54, 1.807) is 0 Å². The number of quaternary nitrogens is 2. The minimum absolute atomic E-state index is 0.239. The van der Waals surface area contributed by atoms with E-state index in [4.69, 9.17) is 0 Å². The van der Waals surface area contributed by atoms with Crippen LogP contribution < -0.4 is 37.0 Å². The number of nitrogens with one attached hydrogen (secondary N) is 4. The van der Waals surface area contributed by atoms with Crippen molar-refractivity contribution in [1.82, 2.24) is 21.3 Å². The van der Waals surface area contributed by atoms with E-state index in [1.807, 2.05) is 10.6 Å². The maximum Gasteiger partial charge on any atom is 0.251 e. The highest BCUT2D eigenvalue weighted by Crippen LogP contribution is 2.25. The average Bonchev–Trinajstić information content (AvgIpc) is 3.08. The molecule has 0 atom stereocenters. The molecule has 4 amide bonds. The van der Waals surface area contributed by atoms with E-state index >= 15 is 0 Å². The summed E-state index contributed by atoms with van der Waals surface area (Å²) in [5.41, 5.74) is -2.17. The van der Waals surface area contributed by atoms with Crippen molar-refractivity contribution in [2.75, 3.05) is 52.4 Å². The summed E-state index contributed by atoms with van der Waals surface area (Å²) < 4.78 is 0. The van der Waals surface area contributed by atoms with Crippen molar-refractivity contribution in [3.63, 3.8) is 0 Å². The Hall–Kier alpha value is -5.13. The largest absolute Gasteiger partial charge is 0.547 e. The van der Waals surface area contributed by atoms with Crippen LogP contribution in [0.25, 0.3) is 0 Å². The molecule has 2 rings (SSSR count). The number of carboxylic acids is 1. The number of carbonyl (C=O) groups excluding carboxylic acids is 5. The molecule has 2 aromatic rings. The molecule has 0 aromatic heterocycles. The molecule has 0 bridgehead atoms. The fourth-order valence-corrected chi connectivity index (χ4v) is 4.86. The monoisotopic (exact) mass is 719 g/mol. The van der Waals surface area contributed by atoms with Gasteiger partial charge in [-0.3, -0.25) is 19.2 Å². The number of rotatable bonds is 25. The topological polar surface area (TPSA) is 291 Å². The number of nitrogens with two attached hydrogens (primary N) is 2. The van der Waals surface area contributed by atoms with Crippen molar-refractivity contribution >= 4 is 29.6 Å².